The summed E-state index contributed by atoms with van der Waals surface area (Å²) in [6, 6.07) is 5.64. The second-order valence-corrected chi connectivity index (χ2v) is 16.7. The van der Waals surface area contributed by atoms with Crippen molar-refractivity contribution in [2.45, 2.75) is 26.0 Å². The van der Waals surface area contributed by atoms with E-state index in [-0.39, 0.29) is 93.8 Å². The van der Waals surface area contributed by atoms with E-state index >= 15 is 0 Å². The van der Waals surface area contributed by atoms with Gasteiger partial charge in [-0.2, -0.15) is 12.7 Å². The fourth-order valence-electron chi connectivity index (χ4n) is 3.78. The van der Waals surface area contributed by atoms with Crippen LogP contribution in [0.4, 0.5) is 5.69 Å². The second kappa shape index (κ2) is 21.6. The van der Waals surface area contributed by atoms with E-state index in [9.17, 15) is 26.4 Å². The van der Waals surface area contributed by atoms with Crippen molar-refractivity contribution in [3.05, 3.63) is 84.3 Å². The lowest BCUT2D eigenvalue weighted by atomic mass is 10.2. The van der Waals surface area contributed by atoms with E-state index in [2.05, 4.69) is 17.9 Å². The Bertz CT molecular complexity index is 1710. The van der Waals surface area contributed by atoms with E-state index in [4.69, 9.17) is 84.6 Å². The van der Waals surface area contributed by atoms with Crippen LogP contribution in [0.3, 0.4) is 0 Å². The zero-order chi connectivity index (χ0) is 38.4. The molecule has 0 aliphatic carbocycles. The molecule has 0 spiro atoms. The van der Waals surface area contributed by atoms with Crippen LogP contribution in [-0.4, -0.2) is 95.1 Å². The number of nitrogens with zero attached hydrogens (tertiary/aromatic N) is 2. The van der Waals surface area contributed by atoms with Crippen LogP contribution >= 0.6 is 69.6 Å². The number of anilines is 1. The lowest BCUT2D eigenvalue weighted by molar-refractivity contribution is -0.143. The molecule has 1 aliphatic rings. The maximum absolute atomic E-state index is 12.8. The summed E-state index contributed by atoms with van der Waals surface area (Å²) in [5, 5.41) is 17.3. The molecule has 0 saturated carbocycles. The average Bonchev–Trinajstić information content (AvgIpc) is 3.00. The van der Waals surface area contributed by atoms with Gasteiger partial charge in [-0.1, -0.05) is 82.8 Å². The fourth-order valence-corrected chi connectivity index (χ4v) is 9.05. The molecular weight excluding hydrogens is 825 g/mol. The van der Waals surface area contributed by atoms with Crippen LogP contribution in [0.15, 0.2) is 48.6 Å². The molecule has 0 bridgehead atoms. The Labute approximate surface area is 322 Å². The highest BCUT2D eigenvalue weighted by Crippen LogP contribution is 2.40. The summed E-state index contributed by atoms with van der Waals surface area (Å²) < 4.78 is 61.0. The predicted molar refractivity (Wildman–Crippen MR) is 199 cm³/mol. The van der Waals surface area contributed by atoms with Gasteiger partial charge >= 0.3 is 22.1 Å². The highest BCUT2D eigenvalue weighted by Gasteiger charge is 2.38. The van der Waals surface area contributed by atoms with Gasteiger partial charge in [-0.05, 0) is 49.3 Å². The Morgan fingerprint density at radius 3 is 1.74 bits per heavy atom. The standard InChI is InChI=1S/C14H15Cl3N2O4S.C12H13Cl3O4S.C4H8O2/c1-3-23-13(20)8-18-6-9(2)7-19(24(18,21)22)14-11(16)4-10(15)5-12(14)17;1-2-19-12(16)3-4-20(17,18)7-9-10(14)5-8(13)6-11(9)15;1-4(2-5)3-6/h4-5H,2-3,6-8H2,1H3;5-6H,2-4,7H2,1H3;5-6H,1-3H2. The molecule has 280 valence electrons. The van der Waals surface area contributed by atoms with E-state index < -0.39 is 38.5 Å². The highest BCUT2D eigenvalue weighted by atomic mass is 35.5. The predicted octanol–water partition coefficient (Wildman–Crippen LogP) is 6.17. The van der Waals surface area contributed by atoms with Gasteiger partial charge in [0.25, 0.3) is 0 Å². The number of aliphatic hydroxyl groups is 2. The van der Waals surface area contributed by atoms with Gasteiger partial charge in [0.15, 0.2) is 9.84 Å². The van der Waals surface area contributed by atoms with Crippen LogP contribution in [0.1, 0.15) is 25.8 Å². The van der Waals surface area contributed by atoms with Crippen molar-refractivity contribution in [1.29, 1.82) is 0 Å². The molecule has 0 atom stereocenters. The highest BCUT2D eigenvalue weighted by molar-refractivity contribution is 7.90. The van der Waals surface area contributed by atoms with Gasteiger partial charge in [-0.3, -0.25) is 13.9 Å². The van der Waals surface area contributed by atoms with Gasteiger partial charge in [0, 0.05) is 32.2 Å². The smallest absolute Gasteiger partial charge is 0.321 e. The summed E-state index contributed by atoms with van der Waals surface area (Å²) in [4.78, 5) is 22.8. The summed E-state index contributed by atoms with van der Waals surface area (Å²) in [6.07, 6.45) is -0.195. The third kappa shape index (κ3) is 15.0. The zero-order valence-electron chi connectivity index (χ0n) is 26.9. The molecule has 0 unspecified atom stereocenters. The summed E-state index contributed by atoms with van der Waals surface area (Å²) in [6.45, 7) is 10.1. The van der Waals surface area contributed by atoms with Crippen molar-refractivity contribution in [3.8, 4) is 0 Å². The lowest BCUT2D eigenvalue weighted by Gasteiger charge is -2.37. The molecule has 0 amide bonds. The number of sulfone groups is 1. The first-order valence-corrected chi connectivity index (χ1v) is 19.8. The monoisotopic (exact) mass is 858 g/mol. The van der Waals surface area contributed by atoms with Crippen LogP contribution in [0, 0.1) is 0 Å². The quantitative estimate of drug-likeness (QED) is 0.186. The molecule has 0 aromatic heterocycles. The Balaban J connectivity index is 0.000000435. The molecule has 2 N–H and O–H groups in total. The summed E-state index contributed by atoms with van der Waals surface area (Å²) in [5.74, 6) is -1.86. The van der Waals surface area contributed by atoms with Crippen molar-refractivity contribution >= 4 is 107 Å². The van der Waals surface area contributed by atoms with Crippen LogP contribution in [0.25, 0.3) is 0 Å². The van der Waals surface area contributed by atoms with Gasteiger partial charge in [-0.25, -0.2) is 8.42 Å². The summed E-state index contributed by atoms with van der Waals surface area (Å²) in [7, 11) is -7.55. The summed E-state index contributed by atoms with van der Waals surface area (Å²) in [5.41, 5.74) is 1.41. The van der Waals surface area contributed by atoms with Crippen LogP contribution in [0.5, 0.6) is 0 Å². The fraction of sp³-hybridized carbons (Fsp3) is 0.400. The van der Waals surface area contributed by atoms with Gasteiger partial charge in [0.05, 0.1) is 66.6 Å². The van der Waals surface area contributed by atoms with Crippen molar-refractivity contribution in [2.75, 3.05) is 56.1 Å². The molecule has 1 saturated heterocycles. The molecule has 50 heavy (non-hydrogen) atoms. The number of carbonyl (C=O) groups is 2. The minimum absolute atomic E-state index is 0.00271. The minimum atomic E-state index is -4.03. The van der Waals surface area contributed by atoms with Crippen molar-refractivity contribution in [2.24, 2.45) is 0 Å². The minimum Gasteiger partial charge on any atom is -0.466 e. The average molecular weight is 861 g/mol. The molecule has 1 aliphatic heterocycles. The van der Waals surface area contributed by atoms with E-state index in [1.54, 1.807) is 13.8 Å². The maximum Gasteiger partial charge on any atom is 0.321 e. The molecule has 2 aromatic rings. The number of rotatable bonds is 12. The number of hydrogen-bond donors (Lipinski definition) is 2. The van der Waals surface area contributed by atoms with Gasteiger partial charge in [0.2, 0.25) is 0 Å². The Hall–Kier alpha value is -1.82. The van der Waals surface area contributed by atoms with Gasteiger partial charge in [-0.15, -0.1) is 0 Å². The number of esters is 2. The number of hydrogen-bond acceptors (Lipinski definition) is 10. The second-order valence-electron chi connectivity index (χ2n) is 10.1. The first-order valence-electron chi connectivity index (χ1n) is 14.3. The van der Waals surface area contributed by atoms with Crippen LogP contribution in [-0.2, 0) is 44.9 Å². The molecule has 0 radical (unpaired) electrons. The molecule has 1 fully saturated rings. The number of benzene rings is 2. The Morgan fingerprint density at radius 2 is 1.30 bits per heavy atom. The lowest BCUT2D eigenvalue weighted by Crippen LogP contribution is -2.52. The number of carbonyl (C=O) groups excluding carboxylic acids is 2. The number of halogens is 6. The molecule has 20 heteroatoms. The van der Waals surface area contributed by atoms with Crippen LogP contribution in [0.2, 0.25) is 30.1 Å². The normalized spacial score (nSPS) is 14.1. The third-order valence-electron chi connectivity index (χ3n) is 6.05. The van der Waals surface area contributed by atoms with Gasteiger partial charge in [0.1, 0.15) is 6.54 Å². The van der Waals surface area contributed by atoms with Crippen LogP contribution < -0.4 is 4.31 Å². The van der Waals surface area contributed by atoms with Gasteiger partial charge < -0.3 is 19.7 Å². The van der Waals surface area contributed by atoms with E-state index in [1.165, 1.54) is 24.3 Å². The largest absolute Gasteiger partial charge is 0.466 e. The molecule has 3 rings (SSSR count). The summed E-state index contributed by atoms with van der Waals surface area (Å²) >= 11 is 35.7. The topological polar surface area (TPSA) is 168 Å². The molecule has 1 heterocycles. The van der Waals surface area contributed by atoms with E-state index in [0.29, 0.717) is 16.2 Å². The first-order chi connectivity index (χ1) is 23.2. The molecule has 12 nitrogen and oxygen atoms in total. The SMILES string of the molecule is C=C(CO)CO.C=C1CN(CC(=O)OCC)S(=O)(=O)N(c2c(Cl)cc(Cl)cc2Cl)C1.CCOC(=O)CCS(=O)(=O)Cc1c(Cl)cc(Cl)cc1Cl. The third-order valence-corrected chi connectivity index (χ3v) is 11.1. The molecular formula is C30H36Cl6N2O10S2. The molecule has 2 aromatic carbocycles. The zero-order valence-corrected chi connectivity index (χ0v) is 33.1. The van der Waals surface area contributed by atoms with Crippen molar-refractivity contribution in [3.63, 3.8) is 0 Å². The van der Waals surface area contributed by atoms with E-state index in [0.717, 1.165) is 8.61 Å². The Kier molecular flexibility index (Phi) is 20.0. The maximum atomic E-state index is 12.8. The number of aliphatic hydroxyl groups excluding tert-OH is 2. The van der Waals surface area contributed by atoms with Crippen molar-refractivity contribution < 1.29 is 46.1 Å². The first kappa shape index (κ1) is 46.2. The number of ether oxygens (including phenoxy) is 2. The Morgan fingerprint density at radius 1 is 0.840 bits per heavy atom. The van der Waals surface area contributed by atoms with E-state index in [1.807, 2.05) is 0 Å². The van der Waals surface area contributed by atoms with Crippen molar-refractivity contribution in [1.82, 2.24) is 4.31 Å².